The first kappa shape index (κ1) is 66.6. The van der Waals surface area contributed by atoms with Gasteiger partial charge in [0.15, 0.2) is 6.29 Å². The van der Waals surface area contributed by atoms with Gasteiger partial charge in [-0.2, -0.15) is 0 Å². The lowest BCUT2D eigenvalue weighted by molar-refractivity contribution is -0.384. The molecule has 1 aliphatic heterocycles. The second-order valence-corrected chi connectivity index (χ2v) is 23.3. The highest BCUT2D eigenvalue weighted by atomic mass is 32.2. The van der Waals surface area contributed by atoms with E-state index in [2.05, 4.69) is 26.0 Å². The first-order chi connectivity index (χ1) is 36.1. The molecule has 1 fully saturated rings. The summed E-state index contributed by atoms with van der Waals surface area (Å²) in [4.78, 5) is 77.3. The maximum atomic E-state index is 13.9. The van der Waals surface area contributed by atoms with E-state index in [-0.39, 0.29) is 50.5 Å². The van der Waals surface area contributed by atoms with E-state index in [0.29, 0.717) is 5.56 Å². The van der Waals surface area contributed by atoms with Crippen molar-refractivity contribution in [3.8, 4) is 0 Å². The minimum atomic E-state index is -4.15. The largest absolute Gasteiger partial charge is 0.466 e. The highest BCUT2D eigenvalue weighted by molar-refractivity contribution is 7.89. The number of aliphatic hydroxyl groups is 4. The Balaban J connectivity index is 2.10. The molecular formula is C48H80N8O21S. The number of carbonyl (C=O) groups excluding carboxylic acids is 5. The maximum absolute atomic E-state index is 13.9. The molecule has 3 rings (SSSR count). The Bertz CT molecular complexity index is 2290. The monoisotopic (exact) mass is 1140 g/mol. The molecule has 444 valence electrons. The van der Waals surface area contributed by atoms with Crippen LogP contribution in [0.3, 0.4) is 0 Å². The fourth-order valence-electron chi connectivity index (χ4n) is 7.49. The van der Waals surface area contributed by atoms with Gasteiger partial charge in [-0.3, -0.25) is 14.9 Å². The van der Waals surface area contributed by atoms with Crippen LogP contribution in [0.1, 0.15) is 94.1 Å². The van der Waals surface area contributed by atoms with Crippen LogP contribution in [0.5, 0.6) is 0 Å². The molecule has 1 aliphatic carbocycles. The average Bonchev–Trinajstić information content (AvgIpc) is 3.31. The van der Waals surface area contributed by atoms with Crippen molar-refractivity contribution in [1.82, 2.24) is 30.9 Å². The highest BCUT2D eigenvalue weighted by Crippen LogP contribution is 2.32. The molecule has 5 amide bonds. The van der Waals surface area contributed by atoms with Crippen molar-refractivity contribution < 1.29 is 95.6 Å². The number of carbonyl (C=O) groups is 5. The number of hydrogen-bond donors (Lipinski definition) is 10. The second kappa shape index (κ2) is 29.5. The lowest BCUT2D eigenvalue weighted by Crippen LogP contribution is -2.68. The third-order valence-electron chi connectivity index (χ3n) is 11.3. The molecule has 1 heterocycles. The van der Waals surface area contributed by atoms with Gasteiger partial charge in [-0.1, -0.05) is 0 Å². The van der Waals surface area contributed by atoms with Crippen LogP contribution in [-0.2, 0) is 59.3 Å². The Kier molecular flexibility index (Phi) is 25.2. The number of nitro groups is 1. The van der Waals surface area contributed by atoms with Crippen LogP contribution in [0, 0.1) is 10.1 Å². The van der Waals surface area contributed by atoms with Gasteiger partial charge in [0.2, 0.25) is 22.2 Å². The van der Waals surface area contributed by atoms with Gasteiger partial charge in [-0.05, 0) is 112 Å². The number of nitrogens with two attached hydrogens (primary N) is 1. The van der Waals surface area contributed by atoms with E-state index in [4.69, 9.17) is 43.6 Å². The Morgan fingerprint density at radius 2 is 1.49 bits per heavy atom. The number of likely N-dealkylation sites (N-methyl/N-ethyl adjacent to an activating group) is 1. The SMILES string of the molecule is C[C@@H]([C@@H](O)[C@H](OCCO)O[C@@H]1[C@@H](O)[C@H](O[C@H]2OC(CNC(=O)OCc3ccc([N+](=O)[O-])cc3)=CC[C@H]2NS(=O)(=O)CCN)[C@@H](NC(=O)OC(C)(C)C)C[C@H]1NC(=O)[C@@H](O)CCNC(=O)OC(C)(C)C)N(C)C(=O)OC(C)(C)C. The van der Waals surface area contributed by atoms with Crippen LogP contribution in [-0.4, -0.2) is 199 Å². The molecule has 0 unspecified atom stereocenters. The van der Waals surface area contributed by atoms with Crippen LogP contribution >= 0.6 is 0 Å². The van der Waals surface area contributed by atoms with E-state index < -0.39 is 155 Å². The van der Waals surface area contributed by atoms with Gasteiger partial charge < -0.3 is 90.2 Å². The summed E-state index contributed by atoms with van der Waals surface area (Å²) in [5, 5.41) is 66.6. The van der Waals surface area contributed by atoms with Crippen LogP contribution in [0.15, 0.2) is 36.1 Å². The number of alkyl carbamates (subject to hydrolysis) is 3. The second-order valence-electron chi connectivity index (χ2n) is 21.4. The van der Waals surface area contributed by atoms with Gasteiger partial charge in [0.1, 0.15) is 59.7 Å². The normalized spacial score (nSPS) is 22.4. The van der Waals surface area contributed by atoms with E-state index in [9.17, 15) is 62.9 Å². The van der Waals surface area contributed by atoms with Gasteiger partial charge in [0.25, 0.3) is 5.69 Å². The summed E-state index contributed by atoms with van der Waals surface area (Å²) >= 11 is 0. The van der Waals surface area contributed by atoms with E-state index in [1.165, 1.54) is 44.3 Å². The standard InChI is InChI=1S/C48H80N8O21S/c1-27(55(11)45(65)77-48(8,9)10)35(59)41(70-22-21-57)74-37-32(52-39(61)34(58)18-20-50-43(63)75-46(2,3)4)24-33(53-44(64)76-47(5,6)7)38(36(37)60)73-40-31(54-78(68,69)23-19-49)17-16-30(72-40)25-51-42(62)71-26-28-12-14-29(15-13-28)56(66)67/h12-16,27,31-38,40-41,54,57-60H,17-26,49H2,1-11H3,(H,50,63)(H,51,62)(H,52,61)(H,53,64)/t27-,31+,32+,33-,34-,35+,36+,37-,38+,40+,41+/m0/s1. The summed E-state index contributed by atoms with van der Waals surface area (Å²) in [6.45, 7) is 13.7. The maximum Gasteiger partial charge on any atom is 0.410 e. The number of nitrogens with zero attached hydrogens (tertiary/aromatic N) is 2. The summed E-state index contributed by atoms with van der Waals surface area (Å²) in [7, 11) is -2.83. The van der Waals surface area contributed by atoms with E-state index in [0.717, 1.165) is 4.90 Å². The van der Waals surface area contributed by atoms with E-state index in [1.54, 1.807) is 62.3 Å². The number of nitrogens with one attached hydrogen (secondary N) is 5. The Labute approximate surface area is 453 Å². The number of benzene rings is 1. The van der Waals surface area contributed by atoms with Gasteiger partial charge >= 0.3 is 24.4 Å². The molecule has 1 aromatic rings. The molecule has 2 aliphatic rings. The molecule has 0 spiro atoms. The first-order valence-corrected chi connectivity index (χ1v) is 26.8. The summed E-state index contributed by atoms with van der Waals surface area (Å²) in [5.74, 6) is -1.60. The molecule has 0 radical (unpaired) electrons. The minimum Gasteiger partial charge on any atom is -0.466 e. The zero-order valence-corrected chi connectivity index (χ0v) is 46.7. The summed E-state index contributed by atoms with van der Waals surface area (Å²) < 4.78 is 75.1. The van der Waals surface area contributed by atoms with Crippen molar-refractivity contribution in [2.24, 2.45) is 5.73 Å². The average molecular weight is 1140 g/mol. The van der Waals surface area contributed by atoms with Crippen molar-refractivity contribution in [1.29, 1.82) is 0 Å². The molecule has 30 heteroatoms. The van der Waals surface area contributed by atoms with Crippen LogP contribution in [0.4, 0.5) is 24.9 Å². The number of amides is 5. The highest BCUT2D eigenvalue weighted by Gasteiger charge is 2.51. The van der Waals surface area contributed by atoms with E-state index >= 15 is 0 Å². The number of rotatable bonds is 25. The number of non-ortho nitro benzene ring substituents is 1. The molecule has 11 atom stereocenters. The fourth-order valence-corrected chi connectivity index (χ4v) is 8.59. The van der Waals surface area contributed by atoms with Gasteiger partial charge in [-0.15, -0.1) is 0 Å². The first-order valence-electron chi connectivity index (χ1n) is 25.1. The fraction of sp³-hybridized carbons (Fsp3) is 0.729. The van der Waals surface area contributed by atoms with Crippen LogP contribution in [0.2, 0.25) is 0 Å². The zero-order valence-electron chi connectivity index (χ0n) is 45.9. The minimum absolute atomic E-state index is 0.000259. The Morgan fingerprint density at radius 3 is 2.06 bits per heavy atom. The van der Waals surface area contributed by atoms with Gasteiger partial charge in [0.05, 0.1) is 54.6 Å². The molecule has 0 aromatic heterocycles. The predicted octanol–water partition coefficient (Wildman–Crippen LogP) is 0.838. The molecule has 0 bridgehead atoms. The molecular weight excluding hydrogens is 1060 g/mol. The summed E-state index contributed by atoms with van der Waals surface area (Å²) in [5.41, 5.74) is 2.97. The van der Waals surface area contributed by atoms with Crippen LogP contribution in [0.25, 0.3) is 0 Å². The number of ether oxygens (including phenoxy) is 8. The predicted molar refractivity (Wildman–Crippen MR) is 275 cm³/mol. The van der Waals surface area contributed by atoms with Crippen molar-refractivity contribution in [3.05, 3.63) is 51.8 Å². The number of hydrogen-bond acceptors (Lipinski definition) is 22. The number of aliphatic hydroxyl groups excluding tert-OH is 4. The number of nitro benzene ring substituents is 1. The van der Waals surface area contributed by atoms with Gasteiger partial charge in [0, 0.05) is 32.3 Å². The summed E-state index contributed by atoms with van der Waals surface area (Å²) in [6.07, 6.45) is -16.0. The lowest BCUT2D eigenvalue weighted by Gasteiger charge is -2.47. The van der Waals surface area contributed by atoms with Crippen molar-refractivity contribution in [2.45, 2.75) is 179 Å². The topological polar surface area (TPSA) is 407 Å². The molecule has 11 N–H and O–H groups in total. The molecule has 78 heavy (non-hydrogen) atoms. The quantitative estimate of drug-likeness (QED) is 0.0281. The zero-order chi connectivity index (χ0) is 58.9. The molecule has 29 nitrogen and oxygen atoms in total. The third kappa shape index (κ3) is 22.9. The van der Waals surface area contributed by atoms with Crippen LogP contribution < -0.4 is 31.7 Å². The number of sulfonamides is 1. The van der Waals surface area contributed by atoms with Crippen molar-refractivity contribution in [2.75, 3.05) is 45.6 Å². The Hall–Kier alpha value is -5.70. The van der Waals surface area contributed by atoms with E-state index in [1.807, 2.05) is 0 Å². The Morgan fingerprint density at radius 1 is 0.885 bits per heavy atom. The smallest absolute Gasteiger partial charge is 0.410 e. The molecule has 0 saturated heterocycles. The third-order valence-corrected chi connectivity index (χ3v) is 12.7. The van der Waals surface area contributed by atoms with Crippen molar-refractivity contribution in [3.63, 3.8) is 0 Å². The van der Waals surface area contributed by atoms with Gasteiger partial charge in [-0.25, -0.2) is 32.3 Å². The van der Waals surface area contributed by atoms with Crippen molar-refractivity contribution >= 4 is 46.0 Å². The summed E-state index contributed by atoms with van der Waals surface area (Å²) in [6, 6.07) is -0.0813. The lowest BCUT2D eigenvalue weighted by atomic mass is 9.83. The molecule has 1 saturated carbocycles. The molecule has 1 aromatic carbocycles.